The van der Waals surface area contributed by atoms with E-state index in [1.165, 1.54) is 24.5 Å². The summed E-state index contributed by atoms with van der Waals surface area (Å²) in [4.78, 5) is 45.3. The lowest BCUT2D eigenvalue weighted by Gasteiger charge is -2.30. The molecule has 0 saturated carbocycles. The summed E-state index contributed by atoms with van der Waals surface area (Å²) in [5.74, 6) is -0.543. The number of nitrogens with zero attached hydrogens (tertiary/aromatic N) is 7. The number of ether oxygens (including phenoxy) is 2. The topological polar surface area (TPSA) is 217 Å². The van der Waals surface area contributed by atoms with E-state index in [2.05, 4.69) is 42.5 Å². The van der Waals surface area contributed by atoms with Crippen LogP contribution in [0.2, 0.25) is 0 Å². The highest BCUT2D eigenvalue weighted by Gasteiger charge is 2.54. The van der Waals surface area contributed by atoms with Crippen molar-refractivity contribution in [2.75, 3.05) is 20.3 Å². The van der Waals surface area contributed by atoms with Gasteiger partial charge in [0.25, 0.3) is 5.91 Å². The fourth-order valence-corrected chi connectivity index (χ4v) is 7.21. The summed E-state index contributed by atoms with van der Waals surface area (Å²) in [5.41, 5.74) is 0.744. The maximum Gasteiger partial charge on any atom is 0.387 e. The standard InChI is InChI=1S/C20H24FN9O9P2S2/c1-34-6-11-23-4-9-16(26-11)29-2-3-35-40(32,42)36-5-10-13(21)15(39-41(33,43)37-7-12(29)25-9)19(38-10)30-8-24-14-17(30)27-20(22)28-18(14)31/h4,8,10,13-15,19H,2-3,5-7H2,1H3,(H,32,42)(H,33,43)(H2,22,28,31)/t10-,13-,14?,15-,19-,40?,41?/m1/s1. The van der Waals surface area contributed by atoms with Crippen molar-refractivity contribution in [1.29, 1.82) is 5.41 Å². The minimum atomic E-state index is -4.34. The quantitative estimate of drug-likeness (QED) is 0.255. The molecule has 6 heterocycles. The van der Waals surface area contributed by atoms with Gasteiger partial charge in [-0.25, -0.2) is 23.9 Å². The third-order valence-electron chi connectivity index (χ3n) is 6.58. The highest BCUT2D eigenvalue weighted by molar-refractivity contribution is 8.44. The molecule has 23 heteroatoms. The van der Waals surface area contributed by atoms with Crippen molar-refractivity contribution in [1.82, 2.24) is 29.7 Å². The second kappa shape index (κ2) is 11.9. The Morgan fingerprint density at radius 1 is 1.35 bits per heavy atom. The number of imidazole rings is 1. The molecule has 3 unspecified atom stereocenters. The van der Waals surface area contributed by atoms with Gasteiger partial charge in [0.15, 0.2) is 35.7 Å². The number of amidine groups is 1. The normalized spacial score (nSPS) is 35.2. The fraction of sp³-hybridized carbons (Fsp3) is 0.550. The number of rotatable bonds is 3. The smallest absolute Gasteiger partial charge is 0.377 e. The van der Waals surface area contributed by atoms with E-state index in [1.54, 1.807) is 4.57 Å². The molecule has 2 aromatic heterocycles. The third kappa shape index (κ3) is 6.30. The molecular weight excluding hydrogens is 655 g/mol. The van der Waals surface area contributed by atoms with Gasteiger partial charge in [-0.15, -0.1) is 0 Å². The zero-order valence-electron chi connectivity index (χ0n) is 22.0. The number of halogens is 1. The third-order valence-corrected chi connectivity index (χ3v) is 9.79. The number of guanidine groups is 1. The number of aliphatic imine (C=N–C) groups is 2. The lowest BCUT2D eigenvalue weighted by atomic mass is 10.1. The van der Waals surface area contributed by atoms with E-state index in [9.17, 15) is 14.3 Å². The van der Waals surface area contributed by atoms with E-state index in [1.807, 2.05) is 0 Å². The van der Waals surface area contributed by atoms with Crippen LogP contribution in [0.3, 0.4) is 0 Å². The number of carbonyl (C=O) groups excluding carboxylic acids is 1. The molecule has 0 aromatic carbocycles. The van der Waals surface area contributed by atoms with E-state index in [0.29, 0.717) is 17.0 Å². The molecule has 0 radical (unpaired) electrons. The first-order chi connectivity index (χ1) is 20.4. The van der Waals surface area contributed by atoms with E-state index in [-0.39, 0.29) is 31.4 Å². The number of thiol groups is 1. The number of aromatic nitrogens is 4. The summed E-state index contributed by atoms with van der Waals surface area (Å²) in [6.07, 6.45) is -3.87. The number of methoxy groups -OCH3 is 1. The molecular formula is C20H24FN9O9P2S2. The van der Waals surface area contributed by atoms with Gasteiger partial charge >= 0.3 is 13.5 Å². The minimum absolute atomic E-state index is 0.0382. The molecule has 6 rings (SSSR count). The number of hydrogen-bond donors (Lipinski definition) is 4. The van der Waals surface area contributed by atoms with Crippen molar-refractivity contribution < 1.29 is 46.2 Å². The Morgan fingerprint density at radius 2 is 2.16 bits per heavy atom. The number of carbonyl (C=O) groups is 1. The summed E-state index contributed by atoms with van der Waals surface area (Å²) < 4.78 is 63.9. The first-order valence-electron chi connectivity index (χ1n) is 12.5. The molecule has 0 aliphatic carbocycles. The van der Waals surface area contributed by atoms with E-state index in [0.717, 1.165) is 0 Å². The van der Waals surface area contributed by atoms with Gasteiger partial charge in [-0.05, 0) is 11.8 Å². The molecule has 7 atom stereocenters. The largest absolute Gasteiger partial charge is 0.387 e. The van der Waals surface area contributed by atoms with Crippen molar-refractivity contribution in [3.8, 4) is 0 Å². The number of fused-ring (bicyclic) bond motifs is 6. The number of hydrogen-bond acceptors (Lipinski definition) is 15. The molecule has 1 amide bonds. The summed E-state index contributed by atoms with van der Waals surface area (Å²) in [6.45, 7) is -9.21. The Bertz CT molecular complexity index is 1630. The Morgan fingerprint density at radius 3 is 2.95 bits per heavy atom. The van der Waals surface area contributed by atoms with Gasteiger partial charge < -0.3 is 28.0 Å². The van der Waals surface area contributed by atoms with Crippen LogP contribution >= 0.6 is 25.8 Å². The molecule has 1 saturated heterocycles. The molecule has 232 valence electrons. The van der Waals surface area contributed by atoms with Gasteiger partial charge in [0.2, 0.25) is 5.96 Å². The van der Waals surface area contributed by atoms with Crippen molar-refractivity contribution in [2.45, 2.75) is 50.4 Å². The molecule has 43 heavy (non-hydrogen) atoms. The van der Waals surface area contributed by atoms with Crippen LogP contribution in [0, 0.1) is 5.41 Å². The van der Waals surface area contributed by atoms with Crippen molar-refractivity contribution in [2.24, 2.45) is 9.98 Å². The number of alkyl halides is 1. The molecule has 0 spiro atoms. The van der Waals surface area contributed by atoms with Crippen LogP contribution in [-0.2, 0) is 68.5 Å². The first-order valence-corrected chi connectivity index (χ1v) is 17.8. The van der Waals surface area contributed by atoms with Crippen LogP contribution in [0.4, 0.5) is 4.39 Å². The Balaban J connectivity index is 1.33. The molecule has 3 N–H and O–H groups in total. The second-order valence-corrected chi connectivity index (χ2v) is 15.1. The molecule has 18 nitrogen and oxygen atoms in total. The van der Waals surface area contributed by atoms with Gasteiger partial charge in [0, 0.05) is 13.7 Å². The lowest BCUT2D eigenvalue weighted by Crippen LogP contribution is -2.53. The highest BCUT2D eigenvalue weighted by atomic mass is 32.7. The fourth-order valence-electron chi connectivity index (χ4n) is 4.72. The van der Waals surface area contributed by atoms with Crippen LogP contribution in [0.15, 0.2) is 16.2 Å². The summed E-state index contributed by atoms with van der Waals surface area (Å²) >= 11 is 9.19. The van der Waals surface area contributed by atoms with Gasteiger partial charge in [0.05, 0.1) is 25.7 Å². The Kier molecular flexibility index (Phi) is 8.50. The lowest BCUT2D eigenvalue weighted by molar-refractivity contribution is -0.119. The molecule has 2 aromatic rings. The van der Waals surface area contributed by atoms with E-state index < -0.39 is 69.2 Å². The second-order valence-electron chi connectivity index (χ2n) is 9.41. The summed E-state index contributed by atoms with van der Waals surface area (Å²) in [7, 11) is 1.49. The summed E-state index contributed by atoms with van der Waals surface area (Å²) in [6, 6.07) is -1.12. The highest BCUT2D eigenvalue weighted by Crippen LogP contribution is 2.57. The predicted molar refractivity (Wildman–Crippen MR) is 152 cm³/mol. The van der Waals surface area contributed by atoms with Gasteiger partial charge in [-0.1, -0.05) is 12.2 Å². The van der Waals surface area contributed by atoms with Crippen molar-refractivity contribution in [3.63, 3.8) is 0 Å². The van der Waals surface area contributed by atoms with Crippen molar-refractivity contribution in [3.05, 3.63) is 17.8 Å². The van der Waals surface area contributed by atoms with E-state index >= 15 is 4.39 Å². The first kappa shape index (κ1) is 30.7. The number of amides is 1. The van der Waals surface area contributed by atoms with E-state index in [4.69, 9.17) is 44.8 Å². The van der Waals surface area contributed by atoms with Crippen LogP contribution < -0.4 is 5.32 Å². The van der Waals surface area contributed by atoms with Gasteiger partial charge in [-0.2, -0.15) is 4.99 Å². The zero-order chi connectivity index (χ0) is 30.5. The Labute approximate surface area is 252 Å². The summed E-state index contributed by atoms with van der Waals surface area (Å²) in [5, 5.41) is 10.0. The van der Waals surface area contributed by atoms with Crippen molar-refractivity contribution >= 4 is 72.8 Å². The average molecular weight is 680 g/mol. The zero-order valence-corrected chi connectivity index (χ0v) is 25.5. The SMILES string of the molecule is COCc1ncc2nc3n(c2n1)CCOP(O)(=S)OC[C@H]1O[C@@H](N2C=NC4C(=O)NC(=N)N=C42)[C@H](OP(=O)(S)OC3)[C@@H]1F. The van der Waals surface area contributed by atoms with Crippen LogP contribution in [0.5, 0.6) is 0 Å². The maximum absolute atomic E-state index is 15.9. The molecule has 2 bridgehead atoms. The van der Waals surface area contributed by atoms with Gasteiger partial charge in [0.1, 0.15) is 36.8 Å². The van der Waals surface area contributed by atoms with Crippen LogP contribution in [0.1, 0.15) is 11.6 Å². The molecule has 1 fully saturated rings. The van der Waals surface area contributed by atoms with Crippen LogP contribution in [-0.4, -0.2) is 104 Å². The predicted octanol–water partition coefficient (Wildman–Crippen LogP) is 0.415. The minimum Gasteiger partial charge on any atom is -0.377 e. The van der Waals surface area contributed by atoms with Crippen LogP contribution in [0.25, 0.3) is 11.2 Å². The maximum atomic E-state index is 15.9. The average Bonchev–Trinajstić information content (AvgIpc) is 3.60. The Hall–Kier alpha value is -2.29. The molecule has 4 aliphatic rings. The molecule has 4 aliphatic heterocycles. The van der Waals surface area contributed by atoms with Gasteiger partial charge in [-0.3, -0.25) is 34.5 Å². The monoisotopic (exact) mass is 679 g/mol. The number of nitrogens with one attached hydrogen (secondary N) is 2.